The second-order valence-corrected chi connectivity index (χ2v) is 7.65. The fourth-order valence-corrected chi connectivity index (χ4v) is 3.52. The summed E-state index contributed by atoms with van der Waals surface area (Å²) in [7, 11) is 0. The Hall–Kier alpha value is -2.56. The molecule has 1 heterocycles. The largest absolute Gasteiger partial charge is 0.467 e. The van der Waals surface area contributed by atoms with Crippen molar-refractivity contribution in [3.8, 4) is 0 Å². The van der Waals surface area contributed by atoms with Crippen molar-refractivity contribution in [2.24, 2.45) is 5.92 Å². The lowest BCUT2D eigenvalue weighted by Crippen LogP contribution is -2.24. The van der Waals surface area contributed by atoms with Crippen molar-refractivity contribution >= 4 is 17.5 Å². The van der Waals surface area contributed by atoms with Gasteiger partial charge in [0, 0.05) is 23.2 Å². The predicted octanol–water partition coefficient (Wildman–Crippen LogP) is 5.10. The monoisotopic (exact) mass is 394 g/mol. The van der Waals surface area contributed by atoms with Crippen molar-refractivity contribution in [3.05, 3.63) is 94.4 Å². The molecule has 0 bridgehead atoms. The van der Waals surface area contributed by atoms with Crippen LogP contribution in [0.1, 0.15) is 46.1 Å². The quantitative estimate of drug-likeness (QED) is 0.558. The molecule has 144 valence electrons. The van der Waals surface area contributed by atoms with E-state index in [0.29, 0.717) is 30.6 Å². The van der Waals surface area contributed by atoms with Crippen molar-refractivity contribution < 1.29 is 9.21 Å². The molecule has 1 amide bonds. The predicted molar refractivity (Wildman–Crippen MR) is 110 cm³/mol. The van der Waals surface area contributed by atoms with Gasteiger partial charge in [-0.1, -0.05) is 35.9 Å². The Bertz CT molecular complexity index is 918. The molecule has 0 radical (unpaired) electrons. The Balaban J connectivity index is 1.38. The van der Waals surface area contributed by atoms with E-state index in [1.165, 1.54) is 18.4 Å². The number of benzene rings is 2. The van der Waals surface area contributed by atoms with Gasteiger partial charge in [0.25, 0.3) is 5.91 Å². The van der Waals surface area contributed by atoms with Gasteiger partial charge in [-0.2, -0.15) is 0 Å². The first kappa shape index (κ1) is 18.8. The molecule has 2 aromatic carbocycles. The number of hydrogen-bond acceptors (Lipinski definition) is 3. The van der Waals surface area contributed by atoms with Crippen LogP contribution in [0.5, 0.6) is 0 Å². The molecule has 0 saturated heterocycles. The summed E-state index contributed by atoms with van der Waals surface area (Å²) in [5, 5.41) is 7.31. The smallest absolute Gasteiger partial charge is 0.251 e. The fraction of sp³-hybridized carbons (Fsp3) is 0.261. The van der Waals surface area contributed by atoms with E-state index in [0.717, 1.165) is 16.3 Å². The maximum absolute atomic E-state index is 12.4. The molecule has 1 saturated carbocycles. The van der Waals surface area contributed by atoms with Crippen molar-refractivity contribution in [2.75, 3.05) is 0 Å². The lowest BCUT2D eigenvalue weighted by Gasteiger charge is -2.19. The zero-order chi connectivity index (χ0) is 19.3. The lowest BCUT2D eigenvalue weighted by atomic mass is 10.0. The van der Waals surface area contributed by atoms with E-state index in [1.54, 1.807) is 6.26 Å². The van der Waals surface area contributed by atoms with Crippen LogP contribution in [-0.2, 0) is 13.1 Å². The van der Waals surface area contributed by atoms with Crippen LogP contribution >= 0.6 is 11.6 Å². The van der Waals surface area contributed by atoms with Gasteiger partial charge in [0.05, 0.1) is 12.8 Å². The van der Waals surface area contributed by atoms with Crippen molar-refractivity contribution in [1.29, 1.82) is 0 Å². The van der Waals surface area contributed by atoms with Crippen molar-refractivity contribution in [1.82, 2.24) is 10.6 Å². The summed E-state index contributed by atoms with van der Waals surface area (Å²) in [6, 6.07) is 19.8. The molecule has 1 aromatic heterocycles. The Morgan fingerprint density at radius 3 is 2.61 bits per heavy atom. The highest BCUT2D eigenvalue weighted by Crippen LogP contribution is 2.41. The van der Waals surface area contributed by atoms with Crippen LogP contribution in [0.25, 0.3) is 0 Å². The number of furan rings is 1. The standard InChI is InChI=1S/C23H23ClN2O2/c24-20-10-8-18(9-11-20)22(17-6-7-17)25-14-16-3-1-4-19(13-16)23(27)26-15-21-5-2-12-28-21/h1-5,8-13,17,22,25H,6-7,14-15H2,(H,26,27)/t22-/m1/s1. The van der Waals surface area contributed by atoms with Crippen LogP contribution in [0, 0.1) is 5.92 Å². The van der Waals surface area contributed by atoms with Crippen LogP contribution in [0.15, 0.2) is 71.3 Å². The number of hydrogen-bond donors (Lipinski definition) is 2. The molecule has 3 aromatic rings. The Morgan fingerprint density at radius 1 is 1.07 bits per heavy atom. The number of carbonyl (C=O) groups is 1. The van der Waals surface area contributed by atoms with E-state index in [2.05, 4.69) is 22.8 Å². The van der Waals surface area contributed by atoms with Crippen LogP contribution in [0.3, 0.4) is 0 Å². The number of carbonyl (C=O) groups excluding carboxylic acids is 1. The van der Waals surface area contributed by atoms with Crippen LogP contribution < -0.4 is 10.6 Å². The third-order valence-corrected chi connectivity index (χ3v) is 5.29. The second-order valence-electron chi connectivity index (χ2n) is 7.21. The third-order valence-electron chi connectivity index (χ3n) is 5.04. The molecule has 1 aliphatic rings. The first-order valence-corrected chi connectivity index (χ1v) is 9.95. The highest BCUT2D eigenvalue weighted by Gasteiger charge is 2.31. The average molecular weight is 395 g/mol. The summed E-state index contributed by atoms with van der Waals surface area (Å²) in [4.78, 5) is 12.4. The van der Waals surface area contributed by atoms with E-state index in [1.807, 2.05) is 48.5 Å². The van der Waals surface area contributed by atoms with E-state index in [4.69, 9.17) is 16.0 Å². The number of halogens is 1. The highest BCUT2D eigenvalue weighted by atomic mass is 35.5. The molecule has 28 heavy (non-hydrogen) atoms. The molecular weight excluding hydrogens is 372 g/mol. The van der Waals surface area contributed by atoms with Gasteiger partial charge in [-0.15, -0.1) is 0 Å². The highest BCUT2D eigenvalue weighted by molar-refractivity contribution is 6.30. The molecule has 4 nitrogen and oxygen atoms in total. The van der Waals surface area contributed by atoms with Crippen molar-refractivity contribution in [2.45, 2.75) is 32.0 Å². The molecule has 1 atom stereocenters. The summed E-state index contributed by atoms with van der Waals surface area (Å²) in [6.07, 6.45) is 4.09. The molecule has 4 rings (SSSR count). The van der Waals surface area contributed by atoms with Crippen LogP contribution in [0.2, 0.25) is 5.02 Å². The Morgan fingerprint density at radius 2 is 1.89 bits per heavy atom. The first-order valence-electron chi connectivity index (χ1n) is 9.57. The van der Waals surface area contributed by atoms with Crippen LogP contribution in [-0.4, -0.2) is 5.91 Å². The van der Waals surface area contributed by atoms with E-state index >= 15 is 0 Å². The molecule has 0 spiro atoms. The maximum Gasteiger partial charge on any atom is 0.251 e. The van der Waals surface area contributed by atoms with Gasteiger partial charge in [0.15, 0.2) is 0 Å². The minimum atomic E-state index is -0.102. The van der Waals surface area contributed by atoms with Crippen molar-refractivity contribution in [3.63, 3.8) is 0 Å². The van der Waals surface area contributed by atoms with Gasteiger partial charge in [-0.25, -0.2) is 0 Å². The second kappa shape index (κ2) is 8.63. The topological polar surface area (TPSA) is 54.3 Å². The normalized spacial score (nSPS) is 14.6. The molecule has 1 aliphatic carbocycles. The lowest BCUT2D eigenvalue weighted by molar-refractivity contribution is 0.0948. The third kappa shape index (κ3) is 4.83. The molecule has 2 N–H and O–H groups in total. The number of rotatable bonds is 8. The number of amides is 1. The van der Waals surface area contributed by atoms with Gasteiger partial charge < -0.3 is 15.1 Å². The maximum atomic E-state index is 12.4. The Labute approximate surface area is 169 Å². The van der Waals surface area contributed by atoms with Gasteiger partial charge in [0.2, 0.25) is 0 Å². The minimum Gasteiger partial charge on any atom is -0.467 e. The van der Waals surface area contributed by atoms with Crippen LogP contribution in [0.4, 0.5) is 0 Å². The van der Waals surface area contributed by atoms with Gasteiger partial charge >= 0.3 is 0 Å². The molecule has 5 heteroatoms. The molecular formula is C23H23ClN2O2. The molecule has 0 aliphatic heterocycles. The first-order chi connectivity index (χ1) is 13.7. The fourth-order valence-electron chi connectivity index (χ4n) is 3.39. The van der Waals surface area contributed by atoms with Gasteiger partial charge in [-0.3, -0.25) is 4.79 Å². The SMILES string of the molecule is O=C(NCc1ccco1)c1cccc(CN[C@@H](c2ccc(Cl)cc2)C2CC2)c1. The summed E-state index contributed by atoms with van der Waals surface area (Å²) in [5.74, 6) is 1.30. The van der Waals surface area contributed by atoms with E-state index in [9.17, 15) is 4.79 Å². The molecule has 0 unspecified atom stereocenters. The van der Waals surface area contributed by atoms with E-state index in [-0.39, 0.29) is 5.91 Å². The zero-order valence-corrected chi connectivity index (χ0v) is 16.3. The minimum absolute atomic E-state index is 0.102. The Kier molecular flexibility index (Phi) is 5.79. The average Bonchev–Trinajstić information content (AvgIpc) is 3.42. The summed E-state index contributed by atoms with van der Waals surface area (Å²) < 4.78 is 5.25. The summed E-state index contributed by atoms with van der Waals surface area (Å²) >= 11 is 6.03. The number of nitrogens with one attached hydrogen (secondary N) is 2. The van der Waals surface area contributed by atoms with Gasteiger partial charge in [0.1, 0.15) is 5.76 Å². The zero-order valence-electron chi connectivity index (χ0n) is 15.5. The summed E-state index contributed by atoms with van der Waals surface area (Å²) in [6.45, 7) is 1.09. The van der Waals surface area contributed by atoms with E-state index < -0.39 is 0 Å². The summed E-state index contributed by atoms with van der Waals surface area (Å²) in [5.41, 5.74) is 3.00. The molecule has 1 fully saturated rings. The van der Waals surface area contributed by atoms with Gasteiger partial charge in [-0.05, 0) is 66.3 Å².